The zero-order valence-electron chi connectivity index (χ0n) is 14.9. The monoisotopic (exact) mass is 388 g/mol. The van der Waals surface area contributed by atoms with E-state index in [-0.39, 0.29) is 10.9 Å². The summed E-state index contributed by atoms with van der Waals surface area (Å²) in [6, 6.07) is 15.0. The summed E-state index contributed by atoms with van der Waals surface area (Å²) in [5, 5.41) is 3.45. The third-order valence-corrected chi connectivity index (χ3v) is 5.54. The van der Waals surface area contributed by atoms with Gasteiger partial charge in [-0.05, 0) is 43.3 Å². The zero-order chi connectivity index (χ0) is 19.4. The topological polar surface area (TPSA) is 97.6 Å². The van der Waals surface area contributed by atoms with E-state index in [4.69, 9.17) is 4.42 Å². The smallest absolute Gasteiger partial charge is 0.411 e. The predicted molar refractivity (Wildman–Crippen MR) is 102 cm³/mol. The molecule has 0 aliphatic heterocycles. The van der Waals surface area contributed by atoms with E-state index in [0.717, 1.165) is 11.0 Å². The molecule has 1 amide bonds. The molecule has 0 saturated carbocycles. The number of hydrogen-bond donors (Lipinski definition) is 2. The zero-order valence-corrected chi connectivity index (χ0v) is 15.7. The number of hydrogen-bond acceptors (Lipinski definition) is 5. The van der Waals surface area contributed by atoms with Crippen molar-refractivity contribution >= 4 is 32.8 Å². The summed E-state index contributed by atoms with van der Waals surface area (Å²) in [6.07, 6.45) is -0.196. The molecule has 8 heteroatoms. The van der Waals surface area contributed by atoms with E-state index in [0.29, 0.717) is 17.9 Å². The summed E-state index contributed by atoms with van der Waals surface area (Å²) in [4.78, 5) is 11.3. The quantitative estimate of drug-likeness (QED) is 0.673. The third-order valence-electron chi connectivity index (χ3n) is 3.94. The summed E-state index contributed by atoms with van der Waals surface area (Å²) in [7, 11) is -2.44. The first kappa shape index (κ1) is 18.9. The molecule has 0 radical (unpaired) electrons. The van der Waals surface area contributed by atoms with Gasteiger partial charge in [0.05, 0.1) is 12.0 Å². The van der Waals surface area contributed by atoms with Crippen LogP contribution in [-0.4, -0.2) is 27.7 Å². The van der Waals surface area contributed by atoms with Gasteiger partial charge in [0.1, 0.15) is 11.3 Å². The molecule has 0 fully saturated rings. The van der Waals surface area contributed by atoms with Crippen LogP contribution in [0.4, 0.5) is 10.5 Å². The Morgan fingerprint density at radius 2 is 1.85 bits per heavy atom. The van der Waals surface area contributed by atoms with Crippen LogP contribution in [0, 0.1) is 0 Å². The molecule has 142 valence electrons. The van der Waals surface area contributed by atoms with Gasteiger partial charge in [-0.25, -0.2) is 17.9 Å². The standard InChI is InChI=1S/C19H20N2O5S/c1-13(11-16-12-14-5-3-4-6-18(14)26-16)21-27(23,24)17-9-7-15(8-10-17)20-19(22)25-2/h3-10,12-13,21H,11H2,1-2H3,(H,20,22). The minimum Gasteiger partial charge on any atom is -0.461 e. The lowest BCUT2D eigenvalue weighted by atomic mass is 10.2. The van der Waals surface area contributed by atoms with Crippen LogP contribution in [-0.2, 0) is 21.2 Å². The molecule has 0 bridgehead atoms. The highest BCUT2D eigenvalue weighted by atomic mass is 32.2. The molecule has 1 aromatic heterocycles. The molecule has 3 rings (SSSR count). The number of benzene rings is 2. The molecule has 0 aliphatic carbocycles. The Morgan fingerprint density at radius 3 is 2.52 bits per heavy atom. The first-order valence-corrected chi connectivity index (χ1v) is 9.80. The number of carbonyl (C=O) groups is 1. The van der Waals surface area contributed by atoms with Gasteiger partial charge in [-0.1, -0.05) is 18.2 Å². The first-order valence-electron chi connectivity index (χ1n) is 8.32. The molecule has 7 nitrogen and oxygen atoms in total. The molecule has 2 aromatic carbocycles. The van der Waals surface area contributed by atoms with Crippen LogP contribution in [0.25, 0.3) is 11.0 Å². The fraction of sp³-hybridized carbons (Fsp3) is 0.211. The fourth-order valence-electron chi connectivity index (χ4n) is 2.70. The van der Waals surface area contributed by atoms with Crippen molar-refractivity contribution in [2.45, 2.75) is 24.3 Å². The van der Waals surface area contributed by atoms with E-state index in [1.807, 2.05) is 30.3 Å². The number of para-hydroxylation sites is 1. The lowest BCUT2D eigenvalue weighted by molar-refractivity contribution is 0.187. The number of ether oxygens (including phenoxy) is 1. The lowest BCUT2D eigenvalue weighted by Crippen LogP contribution is -2.34. The van der Waals surface area contributed by atoms with Crippen LogP contribution >= 0.6 is 0 Å². The number of methoxy groups -OCH3 is 1. The Balaban J connectivity index is 1.66. The average Bonchev–Trinajstić information content (AvgIpc) is 3.03. The number of anilines is 1. The van der Waals surface area contributed by atoms with Crippen LogP contribution in [0.5, 0.6) is 0 Å². The van der Waals surface area contributed by atoms with Gasteiger partial charge in [0, 0.05) is 23.5 Å². The molecule has 27 heavy (non-hydrogen) atoms. The molecule has 0 saturated heterocycles. The van der Waals surface area contributed by atoms with Crippen LogP contribution < -0.4 is 10.0 Å². The number of fused-ring (bicyclic) bond motifs is 1. The van der Waals surface area contributed by atoms with Crippen LogP contribution in [0.1, 0.15) is 12.7 Å². The first-order chi connectivity index (χ1) is 12.9. The lowest BCUT2D eigenvalue weighted by Gasteiger charge is -2.13. The van der Waals surface area contributed by atoms with E-state index in [1.54, 1.807) is 6.92 Å². The highest BCUT2D eigenvalue weighted by Crippen LogP contribution is 2.20. The maximum atomic E-state index is 12.5. The van der Waals surface area contributed by atoms with Crippen LogP contribution in [0.15, 0.2) is 63.9 Å². The Bertz CT molecular complexity index is 1010. The van der Waals surface area contributed by atoms with Crippen molar-refractivity contribution in [3.8, 4) is 0 Å². The van der Waals surface area contributed by atoms with E-state index in [9.17, 15) is 13.2 Å². The van der Waals surface area contributed by atoms with E-state index >= 15 is 0 Å². The summed E-state index contributed by atoms with van der Waals surface area (Å²) >= 11 is 0. The highest BCUT2D eigenvalue weighted by molar-refractivity contribution is 7.89. The Kier molecular flexibility index (Phi) is 5.48. The van der Waals surface area contributed by atoms with Crippen molar-refractivity contribution in [3.05, 3.63) is 60.4 Å². The summed E-state index contributed by atoms with van der Waals surface area (Å²) in [6.45, 7) is 1.78. The normalized spacial score (nSPS) is 12.7. The minimum atomic E-state index is -3.70. The van der Waals surface area contributed by atoms with Gasteiger partial charge in [0.25, 0.3) is 0 Å². The molecular weight excluding hydrogens is 368 g/mol. The van der Waals surface area contributed by atoms with Crippen molar-refractivity contribution < 1.29 is 22.4 Å². The molecule has 2 N–H and O–H groups in total. The number of nitrogens with one attached hydrogen (secondary N) is 2. The second kappa shape index (κ2) is 7.81. The largest absolute Gasteiger partial charge is 0.461 e. The molecule has 1 heterocycles. The van der Waals surface area contributed by atoms with Crippen molar-refractivity contribution in [1.82, 2.24) is 4.72 Å². The molecule has 0 aliphatic rings. The summed E-state index contributed by atoms with van der Waals surface area (Å²) < 4.78 is 37.9. The van der Waals surface area contributed by atoms with Gasteiger partial charge < -0.3 is 9.15 Å². The van der Waals surface area contributed by atoms with Crippen molar-refractivity contribution in [1.29, 1.82) is 0 Å². The number of amides is 1. The Labute approximate surface area is 157 Å². The van der Waals surface area contributed by atoms with Crippen molar-refractivity contribution in [2.75, 3.05) is 12.4 Å². The molecule has 1 unspecified atom stereocenters. The van der Waals surface area contributed by atoms with E-state index < -0.39 is 16.1 Å². The second-order valence-electron chi connectivity index (χ2n) is 6.12. The summed E-state index contributed by atoms with van der Waals surface area (Å²) in [5.74, 6) is 0.712. The van der Waals surface area contributed by atoms with Crippen molar-refractivity contribution in [2.24, 2.45) is 0 Å². The molecule has 3 aromatic rings. The van der Waals surface area contributed by atoms with E-state index in [2.05, 4.69) is 14.8 Å². The second-order valence-corrected chi connectivity index (χ2v) is 7.83. The SMILES string of the molecule is COC(=O)Nc1ccc(S(=O)(=O)NC(C)Cc2cc3ccccc3o2)cc1. The average molecular weight is 388 g/mol. The van der Waals surface area contributed by atoms with Gasteiger partial charge in [0.2, 0.25) is 10.0 Å². The number of furan rings is 1. The van der Waals surface area contributed by atoms with Crippen LogP contribution in [0.2, 0.25) is 0 Å². The molecule has 1 atom stereocenters. The highest BCUT2D eigenvalue weighted by Gasteiger charge is 2.19. The minimum absolute atomic E-state index is 0.106. The van der Waals surface area contributed by atoms with Crippen molar-refractivity contribution in [3.63, 3.8) is 0 Å². The fourth-order valence-corrected chi connectivity index (χ4v) is 3.94. The maximum absolute atomic E-state index is 12.5. The number of rotatable bonds is 6. The van der Waals surface area contributed by atoms with Gasteiger partial charge in [-0.2, -0.15) is 0 Å². The Hall–Kier alpha value is -2.84. The number of carbonyl (C=O) groups excluding carboxylic acids is 1. The van der Waals surface area contributed by atoms with Gasteiger partial charge in [0.15, 0.2) is 0 Å². The van der Waals surface area contributed by atoms with E-state index in [1.165, 1.54) is 31.4 Å². The maximum Gasteiger partial charge on any atom is 0.411 e. The molecule has 0 spiro atoms. The molecular formula is C19H20N2O5S. The van der Waals surface area contributed by atoms with Gasteiger partial charge >= 0.3 is 6.09 Å². The third kappa shape index (κ3) is 4.66. The summed E-state index contributed by atoms with van der Waals surface area (Å²) in [5.41, 5.74) is 1.22. The van der Waals surface area contributed by atoms with Gasteiger partial charge in [-0.15, -0.1) is 0 Å². The predicted octanol–water partition coefficient (Wildman–Crippen LogP) is 3.52. The van der Waals surface area contributed by atoms with Gasteiger partial charge in [-0.3, -0.25) is 5.32 Å². The van der Waals surface area contributed by atoms with Crippen LogP contribution in [0.3, 0.4) is 0 Å². The number of sulfonamides is 1. The Morgan fingerprint density at radius 1 is 1.15 bits per heavy atom.